The van der Waals surface area contributed by atoms with Crippen molar-refractivity contribution < 1.29 is 9.90 Å². The molecule has 0 aliphatic rings. The lowest BCUT2D eigenvalue weighted by atomic mass is 10.0. The monoisotopic (exact) mass is 245 g/mol. The van der Waals surface area contributed by atoms with Crippen molar-refractivity contribution in [3.05, 3.63) is 35.5 Å². The summed E-state index contributed by atoms with van der Waals surface area (Å²) in [5.41, 5.74) is 3.65. The van der Waals surface area contributed by atoms with Gasteiger partial charge in [0.05, 0.1) is 6.42 Å². The second-order valence-corrected chi connectivity index (χ2v) is 5.08. The Labute approximate surface area is 107 Å². The first-order chi connectivity index (χ1) is 8.49. The van der Waals surface area contributed by atoms with Gasteiger partial charge in [-0.25, -0.2) is 0 Å². The van der Waals surface area contributed by atoms with Crippen LogP contribution in [0.15, 0.2) is 24.4 Å². The van der Waals surface area contributed by atoms with Crippen molar-refractivity contribution in [2.45, 2.75) is 39.7 Å². The molecular weight excluding hydrogens is 226 g/mol. The Bertz CT molecular complexity index is 581. The fourth-order valence-corrected chi connectivity index (χ4v) is 2.25. The number of carbonyl (C=O) groups is 1. The number of nitrogens with zero attached hydrogens (tertiary/aromatic N) is 1. The van der Waals surface area contributed by atoms with Crippen molar-refractivity contribution >= 4 is 16.9 Å². The normalized spacial score (nSPS) is 11.3. The van der Waals surface area contributed by atoms with Gasteiger partial charge in [-0.3, -0.25) is 4.79 Å². The molecule has 0 atom stereocenters. The lowest BCUT2D eigenvalue weighted by Gasteiger charge is -2.07. The molecule has 1 aromatic heterocycles. The number of aliphatic carboxylic acids is 1. The van der Waals surface area contributed by atoms with Gasteiger partial charge in [0.2, 0.25) is 0 Å². The van der Waals surface area contributed by atoms with E-state index >= 15 is 0 Å². The van der Waals surface area contributed by atoms with Gasteiger partial charge in [-0.2, -0.15) is 0 Å². The number of fused-ring (bicyclic) bond motifs is 1. The van der Waals surface area contributed by atoms with Gasteiger partial charge in [-0.1, -0.05) is 19.9 Å². The number of carboxylic acid groups (broad SMARTS) is 1. The number of hydrogen-bond donors (Lipinski definition) is 1. The first-order valence-electron chi connectivity index (χ1n) is 6.30. The van der Waals surface area contributed by atoms with Gasteiger partial charge in [0.15, 0.2) is 0 Å². The number of benzene rings is 1. The zero-order chi connectivity index (χ0) is 13.3. The van der Waals surface area contributed by atoms with Gasteiger partial charge in [0.25, 0.3) is 0 Å². The van der Waals surface area contributed by atoms with Crippen molar-refractivity contribution in [2.24, 2.45) is 0 Å². The van der Waals surface area contributed by atoms with Crippen molar-refractivity contribution in [2.75, 3.05) is 0 Å². The smallest absolute Gasteiger partial charge is 0.305 e. The molecule has 2 rings (SSSR count). The molecule has 0 saturated carbocycles. The van der Waals surface area contributed by atoms with E-state index in [9.17, 15) is 4.79 Å². The number of rotatable bonds is 4. The van der Waals surface area contributed by atoms with Crippen LogP contribution in [0, 0.1) is 6.92 Å². The van der Waals surface area contributed by atoms with Crippen LogP contribution in [0.2, 0.25) is 0 Å². The molecule has 18 heavy (non-hydrogen) atoms. The maximum atomic E-state index is 10.6. The predicted molar refractivity (Wildman–Crippen MR) is 73.0 cm³/mol. The molecule has 0 bridgehead atoms. The van der Waals surface area contributed by atoms with E-state index in [-0.39, 0.29) is 6.42 Å². The lowest BCUT2D eigenvalue weighted by Crippen LogP contribution is -2.03. The van der Waals surface area contributed by atoms with E-state index in [1.54, 1.807) is 0 Å². The Balaban J connectivity index is 2.42. The minimum atomic E-state index is -0.756. The average molecular weight is 245 g/mol. The fraction of sp³-hybridized carbons (Fsp3) is 0.400. The summed E-state index contributed by atoms with van der Waals surface area (Å²) in [4.78, 5) is 10.6. The summed E-state index contributed by atoms with van der Waals surface area (Å²) < 4.78 is 2.03. The minimum Gasteiger partial charge on any atom is -0.481 e. The summed E-state index contributed by atoms with van der Waals surface area (Å²) in [5.74, 6) is -0.246. The molecule has 1 aromatic carbocycles. The first kappa shape index (κ1) is 12.7. The molecule has 3 nitrogen and oxygen atoms in total. The largest absolute Gasteiger partial charge is 0.481 e. The van der Waals surface area contributed by atoms with Crippen LogP contribution in [0.4, 0.5) is 0 Å². The molecule has 0 aliphatic heterocycles. The van der Waals surface area contributed by atoms with Crippen molar-refractivity contribution in [3.8, 4) is 0 Å². The topological polar surface area (TPSA) is 42.2 Å². The molecule has 0 amide bonds. The van der Waals surface area contributed by atoms with Crippen LogP contribution in [0.1, 0.15) is 37.3 Å². The number of aryl methyl sites for hydroxylation is 2. The van der Waals surface area contributed by atoms with Crippen LogP contribution in [-0.4, -0.2) is 15.6 Å². The summed E-state index contributed by atoms with van der Waals surface area (Å²) in [6.07, 6.45) is 2.20. The summed E-state index contributed by atoms with van der Waals surface area (Å²) in [6, 6.07) is 6.44. The Hall–Kier alpha value is -1.77. The van der Waals surface area contributed by atoms with Gasteiger partial charge >= 0.3 is 5.97 Å². The summed E-state index contributed by atoms with van der Waals surface area (Å²) in [5, 5.41) is 9.99. The van der Waals surface area contributed by atoms with Crippen LogP contribution >= 0.6 is 0 Å². The van der Waals surface area contributed by atoms with Gasteiger partial charge in [0.1, 0.15) is 0 Å². The molecule has 0 saturated heterocycles. The summed E-state index contributed by atoms with van der Waals surface area (Å²) in [6.45, 7) is 6.96. The van der Waals surface area contributed by atoms with Gasteiger partial charge in [0, 0.05) is 23.6 Å². The standard InChI is InChI=1S/C15H19NO2/c1-10(2)12-4-5-14-13(8-12)11(3)9-16(14)7-6-15(17)18/h4-5,8-10H,6-7H2,1-3H3,(H,17,18). The molecule has 0 spiro atoms. The van der Waals surface area contributed by atoms with Gasteiger partial charge < -0.3 is 9.67 Å². The van der Waals surface area contributed by atoms with Gasteiger partial charge in [-0.05, 0) is 36.1 Å². The highest BCUT2D eigenvalue weighted by molar-refractivity contribution is 5.84. The van der Waals surface area contributed by atoms with Crippen molar-refractivity contribution in [3.63, 3.8) is 0 Å². The number of carboxylic acids is 1. The molecule has 0 fully saturated rings. The maximum absolute atomic E-state index is 10.6. The van der Waals surface area contributed by atoms with E-state index in [1.807, 2.05) is 10.8 Å². The minimum absolute atomic E-state index is 0.162. The predicted octanol–water partition coefficient (Wildman–Crippen LogP) is 3.55. The SMILES string of the molecule is Cc1cn(CCC(=O)O)c2ccc(C(C)C)cc12. The Kier molecular flexibility index (Phi) is 3.41. The van der Waals surface area contributed by atoms with Crippen LogP contribution in [0.3, 0.4) is 0 Å². The van der Waals surface area contributed by atoms with E-state index < -0.39 is 5.97 Å². The highest BCUT2D eigenvalue weighted by atomic mass is 16.4. The summed E-state index contributed by atoms with van der Waals surface area (Å²) in [7, 11) is 0. The Morgan fingerprint density at radius 1 is 1.39 bits per heavy atom. The summed E-state index contributed by atoms with van der Waals surface area (Å²) >= 11 is 0. The zero-order valence-corrected chi connectivity index (χ0v) is 11.1. The lowest BCUT2D eigenvalue weighted by molar-refractivity contribution is -0.137. The molecular formula is C15H19NO2. The third-order valence-electron chi connectivity index (χ3n) is 3.34. The van der Waals surface area contributed by atoms with E-state index in [0.29, 0.717) is 12.5 Å². The van der Waals surface area contributed by atoms with Crippen LogP contribution in [-0.2, 0) is 11.3 Å². The molecule has 1 N–H and O–H groups in total. The first-order valence-corrected chi connectivity index (χ1v) is 6.30. The Morgan fingerprint density at radius 2 is 2.11 bits per heavy atom. The molecule has 0 radical (unpaired) electrons. The second-order valence-electron chi connectivity index (χ2n) is 5.08. The highest BCUT2D eigenvalue weighted by Gasteiger charge is 2.08. The molecule has 0 unspecified atom stereocenters. The van der Waals surface area contributed by atoms with E-state index in [4.69, 9.17) is 5.11 Å². The number of hydrogen-bond acceptors (Lipinski definition) is 1. The van der Waals surface area contributed by atoms with Crippen molar-refractivity contribution in [1.29, 1.82) is 0 Å². The molecule has 0 aliphatic carbocycles. The van der Waals surface area contributed by atoms with Crippen LogP contribution in [0.25, 0.3) is 10.9 Å². The van der Waals surface area contributed by atoms with Crippen LogP contribution in [0.5, 0.6) is 0 Å². The fourth-order valence-electron chi connectivity index (χ4n) is 2.25. The highest BCUT2D eigenvalue weighted by Crippen LogP contribution is 2.25. The third-order valence-corrected chi connectivity index (χ3v) is 3.34. The molecule has 3 heteroatoms. The molecule has 96 valence electrons. The maximum Gasteiger partial charge on any atom is 0.305 e. The van der Waals surface area contributed by atoms with Crippen LogP contribution < -0.4 is 0 Å². The molecule has 2 aromatic rings. The third kappa shape index (κ3) is 2.40. The van der Waals surface area contributed by atoms with Gasteiger partial charge in [-0.15, -0.1) is 0 Å². The Morgan fingerprint density at radius 3 is 2.72 bits per heavy atom. The van der Waals surface area contributed by atoms with E-state index in [2.05, 4.69) is 39.0 Å². The number of aromatic nitrogens is 1. The molecule has 1 heterocycles. The van der Waals surface area contributed by atoms with E-state index in [0.717, 1.165) is 5.52 Å². The average Bonchev–Trinajstić information content (AvgIpc) is 2.63. The second kappa shape index (κ2) is 4.84. The quantitative estimate of drug-likeness (QED) is 0.895. The zero-order valence-electron chi connectivity index (χ0n) is 11.1. The van der Waals surface area contributed by atoms with E-state index in [1.165, 1.54) is 16.5 Å². The van der Waals surface area contributed by atoms with Crippen molar-refractivity contribution in [1.82, 2.24) is 4.57 Å².